The molecule has 5 N–H and O–H groups in total. The second kappa shape index (κ2) is 12.9. The molecular weight excluding hydrogens is 621 g/mol. The fourth-order valence-electron chi connectivity index (χ4n) is 3.04. The number of rotatable bonds is 15. The van der Waals surface area contributed by atoms with Crippen molar-refractivity contribution in [2.45, 2.75) is 16.7 Å². The average molecular weight is 649 g/mol. The quantitative estimate of drug-likeness (QED) is 0.160. The smallest absolute Gasteiger partial charge is 0.296 e. The van der Waals surface area contributed by atoms with Gasteiger partial charge in [0.1, 0.15) is 16.3 Å². The van der Waals surface area contributed by atoms with E-state index in [2.05, 4.69) is 45.6 Å². The topological polar surface area (TPSA) is 244 Å². The standard InChI is InChI=1S/C22H28N6O9S4/c1-5-38(29,30)12-10-24-21-19(23)15(4)20(22(26-21)25-11-13-39(31,32)6-2)28-27-17-9-8-16(40(33,34)7-3)14-18(17)41(35,36)37/h5-9,14H,1-3,10-13,23H2,4H3,(H2,24,25,26)(H,35,36,37)/b28-27+. The van der Waals surface area contributed by atoms with Gasteiger partial charge in [-0.15, -0.1) is 10.2 Å². The van der Waals surface area contributed by atoms with E-state index in [4.69, 9.17) is 5.73 Å². The van der Waals surface area contributed by atoms with Crippen LogP contribution in [-0.4, -0.2) is 67.8 Å². The van der Waals surface area contributed by atoms with Crippen LogP contribution in [0.15, 0.2) is 74.2 Å². The van der Waals surface area contributed by atoms with E-state index in [9.17, 15) is 38.2 Å². The summed E-state index contributed by atoms with van der Waals surface area (Å²) in [5.41, 5.74) is 5.90. The molecule has 0 radical (unpaired) electrons. The fourth-order valence-corrected chi connectivity index (χ4v) is 5.60. The van der Waals surface area contributed by atoms with E-state index in [0.29, 0.717) is 11.5 Å². The Hall–Kier alpha value is -3.65. The van der Waals surface area contributed by atoms with Crippen molar-refractivity contribution < 1.29 is 38.2 Å². The van der Waals surface area contributed by atoms with Gasteiger partial charge < -0.3 is 16.4 Å². The molecule has 0 amide bonds. The Morgan fingerprint density at radius 1 is 0.878 bits per heavy atom. The highest BCUT2D eigenvalue weighted by Gasteiger charge is 2.22. The lowest BCUT2D eigenvalue weighted by atomic mass is 10.2. The van der Waals surface area contributed by atoms with Crippen LogP contribution in [0.2, 0.25) is 0 Å². The Morgan fingerprint density at radius 2 is 1.41 bits per heavy atom. The van der Waals surface area contributed by atoms with Crippen molar-refractivity contribution in [3.8, 4) is 0 Å². The van der Waals surface area contributed by atoms with Gasteiger partial charge in [-0.3, -0.25) is 4.55 Å². The zero-order valence-corrected chi connectivity index (χ0v) is 24.9. The molecule has 224 valence electrons. The molecule has 0 aliphatic heterocycles. The predicted molar refractivity (Wildman–Crippen MR) is 156 cm³/mol. The average Bonchev–Trinajstić information content (AvgIpc) is 2.90. The molecule has 1 aromatic heterocycles. The largest absolute Gasteiger partial charge is 0.395 e. The minimum absolute atomic E-state index is 0.0154. The summed E-state index contributed by atoms with van der Waals surface area (Å²) in [5.74, 6) is -0.737. The molecule has 0 aliphatic rings. The summed E-state index contributed by atoms with van der Waals surface area (Å²) in [6, 6.07) is 2.71. The van der Waals surface area contributed by atoms with Gasteiger partial charge in [-0.25, -0.2) is 30.2 Å². The first-order valence-corrected chi connectivity index (χ1v) is 17.7. The molecule has 0 atom stereocenters. The molecular formula is C22H28N6O9S4. The van der Waals surface area contributed by atoms with Gasteiger partial charge in [0.25, 0.3) is 10.1 Å². The molecule has 19 heteroatoms. The molecule has 0 saturated heterocycles. The molecule has 0 saturated carbocycles. The molecule has 0 aliphatic carbocycles. The van der Waals surface area contributed by atoms with Gasteiger partial charge >= 0.3 is 0 Å². The summed E-state index contributed by atoms with van der Waals surface area (Å²) < 4.78 is 105. The minimum Gasteiger partial charge on any atom is -0.395 e. The molecule has 2 aromatic rings. The number of nitrogens with two attached hydrogens (primary N) is 1. The van der Waals surface area contributed by atoms with Crippen LogP contribution in [0.4, 0.5) is 28.7 Å². The number of benzene rings is 1. The number of hydrogen-bond acceptors (Lipinski definition) is 14. The Morgan fingerprint density at radius 3 is 1.90 bits per heavy atom. The number of hydrogen-bond donors (Lipinski definition) is 4. The number of nitrogens with one attached hydrogen (secondary N) is 2. The molecule has 1 heterocycles. The van der Waals surface area contributed by atoms with Gasteiger partial charge in [-0.2, -0.15) is 8.42 Å². The molecule has 41 heavy (non-hydrogen) atoms. The third-order valence-corrected chi connectivity index (χ3v) is 10.1. The number of nitrogen functional groups attached to an aromatic ring is 1. The van der Waals surface area contributed by atoms with Crippen LogP contribution in [0.1, 0.15) is 5.56 Å². The molecule has 0 spiro atoms. The van der Waals surface area contributed by atoms with Gasteiger partial charge in [0, 0.05) is 34.9 Å². The summed E-state index contributed by atoms with van der Waals surface area (Å²) in [5, 5.41) is 15.6. The van der Waals surface area contributed by atoms with E-state index in [0.717, 1.165) is 22.9 Å². The Bertz CT molecular complexity index is 1840. The number of nitrogens with zero attached hydrogens (tertiary/aromatic N) is 3. The summed E-state index contributed by atoms with van der Waals surface area (Å²) in [6.45, 7) is 10.8. The maximum Gasteiger partial charge on any atom is 0.296 e. The van der Waals surface area contributed by atoms with Crippen LogP contribution in [0.3, 0.4) is 0 Å². The van der Waals surface area contributed by atoms with E-state index in [-0.39, 0.29) is 53.2 Å². The van der Waals surface area contributed by atoms with Gasteiger partial charge in [0.2, 0.25) is 0 Å². The van der Waals surface area contributed by atoms with Gasteiger partial charge in [0.05, 0.1) is 22.1 Å². The molecule has 0 fully saturated rings. The van der Waals surface area contributed by atoms with Gasteiger partial charge in [-0.1, -0.05) is 19.7 Å². The number of sulfone groups is 3. The summed E-state index contributed by atoms with van der Waals surface area (Å²) in [4.78, 5) is 2.93. The Labute approximate surface area is 238 Å². The predicted octanol–water partition coefficient (Wildman–Crippen LogP) is 2.49. The maximum atomic E-state index is 12.1. The van der Waals surface area contributed by atoms with Crippen LogP contribution in [0.5, 0.6) is 0 Å². The number of anilines is 3. The Balaban J connectivity index is 2.63. The normalized spacial score (nSPS) is 12.6. The van der Waals surface area contributed by atoms with Crippen molar-refractivity contribution >= 4 is 68.3 Å². The lowest BCUT2D eigenvalue weighted by Crippen LogP contribution is -2.18. The van der Waals surface area contributed by atoms with Crippen molar-refractivity contribution in [2.75, 3.05) is 41.0 Å². The van der Waals surface area contributed by atoms with Crippen molar-refractivity contribution in [3.63, 3.8) is 0 Å². The second-order valence-electron chi connectivity index (χ2n) is 8.13. The summed E-state index contributed by atoms with van der Waals surface area (Å²) >= 11 is 0. The van der Waals surface area contributed by atoms with Crippen LogP contribution in [0.25, 0.3) is 0 Å². The van der Waals surface area contributed by atoms with Gasteiger partial charge in [0.15, 0.2) is 41.1 Å². The first-order chi connectivity index (χ1) is 18.9. The first kappa shape index (κ1) is 33.6. The molecule has 15 nitrogen and oxygen atoms in total. The highest BCUT2D eigenvalue weighted by Crippen LogP contribution is 2.37. The molecule has 2 rings (SSSR count). The highest BCUT2D eigenvalue weighted by molar-refractivity contribution is 7.94. The van der Waals surface area contributed by atoms with Crippen molar-refractivity contribution in [3.05, 3.63) is 59.7 Å². The van der Waals surface area contributed by atoms with E-state index in [1.807, 2.05) is 0 Å². The van der Waals surface area contributed by atoms with Crippen LogP contribution < -0.4 is 16.4 Å². The highest BCUT2D eigenvalue weighted by atomic mass is 32.2. The summed E-state index contributed by atoms with van der Waals surface area (Å²) in [6.07, 6.45) is 0. The van der Waals surface area contributed by atoms with Crippen LogP contribution >= 0.6 is 0 Å². The van der Waals surface area contributed by atoms with Crippen LogP contribution in [-0.2, 0) is 39.6 Å². The van der Waals surface area contributed by atoms with E-state index in [1.54, 1.807) is 0 Å². The minimum atomic E-state index is -4.97. The van der Waals surface area contributed by atoms with E-state index < -0.39 is 55.1 Å². The molecule has 0 unspecified atom stereocenters. The van der Waals surface area contributed by atoms with Crippen molar-refractivity contribution in [1.82, 2.24) is 4.98 Å². The first-order valence-electron chi connectivity index (χ1n) is 11.3. The van der Waals surface area contributed by atoms with Crippen molar-refractivity contribution in [1.29, 1.82) is 0 Å². The van der Waals surface area contributed by atoms with E-state index >= 15 is 0 Å². The lowest BCUT2D eigenvalue weighted by Gasteiger charge is -2.16. The molecule has 0 bridgehead atoms. The monoisotopic (exact) mass is 648 g/mol. The zero-order chi connectivity index (χ0) is 31.2. The third kappa shape index (κ3) is 8.92. The summed E-state index contributed by atoms with van der Waals surface area (Å²) in [7, 11) is -16.2. The number of pyridine rings is 1. The third-order valence-electron chi connectivity index (χ3n) is 5.34. The van der Waals surface area contributed by atoms with Gasteiger partial charge in [-0.05, 0) is 25.1 Å². The second-order valence-corrected chi connectivity index (χ2v) is 15.6. The van der Waals surface area contributed by atoms with Crippen LogP contribution in [0, 0.1) is 6.92 Å². The molecule has 1 aromatic carbocycles. The fraction of sp³-hybridized carbons (Fsp3) is 0.227. The zero-order valence-electron chi connectivity index (χ0n) is 21.7. The maximum absolute atomic E-state index is 12.1. The van der Waals surface area contributed by atoms with Crippen molar-refractivity contribution in [2.24, 2.45) is 10.2 Å². The lowest BCUT2D eigenvalue weighted by molar-refractivity contribution is 0.483. The SMILES string of the molecule is C=CS(=O)(=O)CCNc1nc(NCCS(=O)(=O)C=C)c(/N=N/c2ccc(S(=O)(=O)C=C)cc2S(=O)(=O)O)c(C)c1N. The Kier molecular flexibility index (Phi) is 10.6. The number of aromatic nitrogens is 1. The number of azo groups is 1. The van der Waals surface area contributed by atoms with E-state index in [1.165, 1.54) is 6.92 Å².